The zero-order chi connectivity index (χ0) is 22.8. The first-order chi connectivity index (χ1) is 15.4. The molecule has 0 saturated carbocycles. The van der Waals surface area contributed by atoms with Crippen LogP contribution in [-0.4, -0.2) is 23.8 Å². The van der Waals surface area contributed by atoms with Gasteiger partial charge in [-0.3, -0.25) is 14.5 Å². The normalized spacial score (nSPS) is 13.7. The standard InChI is InChI=1S/C27H26N2O3/c1-17-12-14-20(15-13-17)16-29-26(30)24(21-9-5-6-11-23(21)32-4)25(27(29)31)28-22-10-7-8-18(2)19(22)3/h5-15,28H,16H2,1-4H3. The van der Waals surface area contributed by atoms with Crippen LogP contribution < -0.4 is 10.1 Å². The summed E-state index contributed by atoms with van der Waals surface area (Å²) in [4.78, 5) is 28.4. The second-order valence-corrected chi connectivity index (χ2v) is 8.00. The fourth-order valence-electron chi connectivity index (χ4n) is 3.83. The van der Waals surface area contributed by atoms with Crippen LogP contribution in [0.25, 0.3) is 5.57 Å². The van der Waals surface area contributed by atoms with Gasteiger partial charge in [-0.25, -0.2) is 0 Å². The van der Waals surface area contributed by atoms with Crippen molar-refractivity contribution in [3.8, 4) is 5.75 Å². The summed E-state index contributed by atoms with van der Waals surface area (Å²) in [5.41, 5.74) is 6.11. The molecule has 1 aliphatic rings. The van der Waals surface area contributed by atoms with Crippen molar-refractivity contribution in [3.63, 3.8) is 0 Å². The molecule has 0 radical (unpaired) electrons. The third-order valence-electron chi connectivity index (χ3n) is 5.87. The Bertz CT molecular complexity index is 1230. The van der Waals surface area contributed by atoms with E-state index in [1.807, 2.05) is 75.4 Å². The maximum absolute atomic E-state index is 13.6. The van der Waals surface area contributed by atoms with Crippen LogP contribution in [0.2, 0.25) is 0 Å². The van der Waals surface area contributed by atoms with Crippen LogP contribution >= 0.6 is 0 Å². The van der Waals surface area contributed by atoms with Gasteiger partial charge in [-0.15, -0.1) is 0 Å². The number of nitrogens with zero attached hydrogens (tertiary/aromatic N) is 1. The van der Waals surface area contributed by atoms with Crippen LogP contribution in [0.1, 0.15) is 27.8 Å². The summed E-state index contributed by atoms with van der Waals surface area (Å²) in [7, 11) is 1.56. The molecule has 0 spiro atoms. The number of imide groups is 1. The first kappa shape index (κ1) is 21.4. The number of anilines is 1. The van der Waals surface area contributed by atoms with Gasteiger partial charge < -0.3 is 10.1 Å². The molecule has 0 saturated heterocycles. The van der Waals surface area contributed by atoms with Gasteiger partial charge in [0.1, 0.15) is 11.4 Å². The number of nitrogens with one attached hydrogen (secondary N) is 1. The summed E-state index contributed by atoms with van der Waals surface area (Å²) in [6, 6.07) is 21.0. The monoisotopic (exact) mass is 426 g/mol. The van der Waals surface area contributed by atoms with Gasteiger partial charge in [-0.1, -0.05) is 60.2 Å². The molecule has 0 atom stereocenters. The molecular weight excluding hydrogens is 400 g/mol. The van der Waals surface area contributed by atoms with Crippen LogP contribution in [0.5, 0.6) is 5.75 Å². The average molecular weight is 427 g/mol. The van der Waals surface area contributed by atoms with E-state index < -0.39 is 0 Å². The van der Waals surface area contributed by atoms with Crippen molar-refractivity contribution in [1.82, 2.24) is 4.90 Å². The molecule has 32 heavy (non-hydrogen) atoms. The number of ether oxygens (including phenoxy) is 1. The molecule has 3 aromatic carbocycles. The summed E-state index contributed by atoms with van der Waals surface area (Å²) >= 11 is 0. The molecule has 1 N–H and O–H groups in total. The van der Waals surface area contributed by atoms with Gasteiger partial charge in [0, 0.05) is 11.3 Å². The predicted octanol–water partition coefficient (Wildman–Crippen LogP) is 5.01. The highest BCUT2D eigenvalue weighted by molar-refractivity contribution is 6.37. The van der Waals surface area contributed by atoms with E-state index in [0.29, 0.717) is 16.9 Å². The largest absolute Gasteiger partial charge is 0.496 e. The van der Waals surface area contributed by atoms with Crippen molar-refractivity contribution in [3.05, 3.63) is 100 Å². The highest BCUT2D eigenvalue weighted by Crippen LogP contribution is 2.36. The molecule has 0 aliphatic carbocycles. The van der Waals surface area contributed by atoms with E-state index in [0.717, 1.165) is 27.9 Å². The molecule has 1 aliphatic heterocycles. The van der Waals surface area contributed by atoms with E-state index in [2.05, 4.69) is 5.32 Å². The lowest BCUT2D eigenvalue weighted by atomic mass is 10.0. The van der Waals surface area contributed by atoms with Gasteiger partial charge in [-0.05, 0) is 49.6 Å². The molecule has 5 heteroatoms. The lowest BCUT2D eigenvalue weighted by molar-refractivity contribution is -0.137. The zero-order valence-corrected chi connectivity index (χ0v) is 18.7. The minimum atomic E-state index is -0.350. The summed E-state index contributed by atoms with van der Waals surface area (Å²) < 4.78 is 5.51. The number of carbonyl (C=O) groups excluding carboxylic acids is 2. The smallest absolute Gasteiger partial charge is 0.278 e. The molecule has 0 aromatic heterocycles. The Hall–Kier alpha value is -3.86. The molecule has 4 rings (SSSR count). The van der Waals surface area contributed by atoms with E-state index in [1.54, 1.807) is 19.2 Å². The van der Waals surface area contributed by atoms with E-state index in [1.165, 1.54) is 4.90 Å². The Balaban J connectivity index is 1.80. The van der Waals surface area contributed by atoms with Crippen molar-refractivity contribution >= 4 is 23.1 Å². The van der Waals surface area contributed by atoms with Crippen molar-refractivity contribution < 1.29 is 14.3 Å². The van der Waals surface area contributed by atoms with Gasteiger partial charge in [0.25, 0.3) is 11.8 Å². The minimum absolute atomic E-state index is 0.203. The fraction of sp³-hybridized carbons (Fsp3) is 0.185. The Kier molecular flexibility index (Phi) is 5.82. The number of para-hydroxylation sites is 1. The minimum Gasteiger partial charge on any atom is -0.496 e. The molecule has 3 aromatic rings. The van der Waals surface area contributed by atoms with Crippen LogP contribution in [0.4, 0.5) is 5.69 Å². The number of hydrogen-bond donors (Lipinski definition) is 1. The van der Waals surface area contributed by atoms with Gasteiger partial charge >= 0.3 is 0 Å². The van der Waals surface area contributed by atoms with Gasteiger partial charge in [0.15, 0.2) is 0 Å². The quantitative estimate of drug-likeness (QED) is 0.563. The number of aryl methyl sites for hydroxylation is 2. The van der Waals surface area contributed by atoms with Crippen molar-refractivity contribution in [1.29, 1.82) is 0 Å². The second-order valence-electron chi connectivity index (χ2n) is 8.00. The molecular formula is C27H26N2O3. The van der Waals surface area contributed by atoms with Crippen LogP contribution in [0.3, 0.4) is 0 Å². The Morgan fingerprint density at radius 1 is 0.844 bits per heavy atom. The first-order valence-electron chi connectivity index (χ1n) is 10.5. The SMILES string of the molecule is COc1ccccc1C1=C(Nc2cccc(C)c2C)C(=O)N(Cc2ccc(C)cc2)C1=O. The molecule has 5 nitrogen and oxygen atoms in total. The van der Waals surface area contributed by atoms with Crippen LogP contribution in [0, 0.1) is 20.8 Å². The van der Waals surface area contributed by atoms with E-state index in [9.17, 15) is 9.59 Å². The Labute approximate surface area is 188 Å². The number of benzene rings is 3. The van der Waals surface area contributed by atoms with Crippen LogP contribution in [-0.2, 0) is 16.1 Å². The summed E-state index contributed by atoms with van der Waals surface area (Å²) in [5, 5.41) is 3.27. The third kappa shape index (κ3) is 3.89. The molecule has 162 valence electrons. The highest BCUT2D eigenvalue weighted by Gasteiger charge is 2.40. The Morgan fingerprint density at radius 3 is 2.28 bits per heavy atom. The number of amides is 2. The summed E-state index contributed by atoms with van der Waals surface area (Å²) in [6.45, 7) is 6.21. The van der Waals surface area contributed by atoms with E-state index >= 15 is 0 Å². The highest BCUT2D eigenvalue weighted by atomic mass is 16.5. The first-order valence-corrected chi connectivity index (χ1v) is 10.5. The second kappa shape index (κ2) is 8.71. The summed E-state index contributed by atoms with van der Waals surface area (Å²) in [5.74, 6) is -0.147. The summed E-state index contributed by atoms with van der Waals surface area (Å²) in [6.07, 6.45) is 0. The van der Waals surface area contributed by atoms with Gasteiger partial charge in [0.2, 0.25) is 0 Å². The van der Waals surface area contributed by atoms with Gasteiger partial charge in [-0.2, -0.15) is 0 Å². The third-order valence-corrected chi connectivity index (χ3v) is 5.87. The predicted molar refractivity (Wildman–Crippen MR) is 126 cm³/mol. The van der Waals surface area contributed by atoms with Crippen molar-refractivity contribution in [2.45, 2.75) is 27.3 Å². The molecule has 1 heterocycles. The topological polar surface area (TPSA) is 58.6 Å². The van der Waals surface area contributed by atoms with Crippen LogP contribution in [0.15, 0.2) is 72.4 Å². The number of carbonyl (C=O) groups is 2. The molecule has 0 fully saturated rings. The number of methoxy groups -OCH3 is 1. The molecule has 0 unspecified atom stereocenters. The molecule has 0 bridgehead atoms. The zero-order valence-electron chi connectivity index (χ0n) is 18.7. The van der Waals surface area contributed by atoms with E-state index in [-0.39, 0.29) is 24.1 Å². The fourth-order valence-corrected chi connectivity index (χ4v) is 3.83. The number of hydrogen-bond acceptors (Lipinski definition) is 4. The Morgan fingerprint density at radius 2 is 1.56 bits per heavy atom. The average Bonchev–Trinajstić information content (AvgIpc) is 3.02. The lowest BCUT2D eigenvalue weighted by Crippen LogP contribution is -2.32. The van der Waals surface area contributed by atoms with E-state index in [4.69, 9.17) is 4.74 Å². The lowest BCUT2D eigenvalue weighted by Gasteiger charge is -2.16. The molecule has 2 amide bonds. The number of rotatable bonds is 6. The van der Waals surface area contributed by atoms with Crippen molar-refractivity contribution in [2.75, 3.05) is 12.4 Å². The van der Waals surface area contributed by atoms with Crippen molar-refractivity contribution in [2.24, 2.45) is 0 Å². The maximum atomic E-state index is 13.6. The maximum Gasteiger partial charge on any atom is 0.278 e. The van der Waals surface area contributed by atoms with Gasteiger partial charge in [0.05, 0.1) is 19.2 Å².